The normalized spacial score (nSPS) is 20.6. The van der Waals surface area contributed by atoms with Gasteiger partial charge in [-0.25, -0.2) is 0 Å². The smallest absolute Gasteiger partial charge is 0.225 e. The monoisotopic (exact) mass is 343 g/mol. The molecule has 2 N–H and O–H groups in total. The summed E-state index contributed by atoms with van der Waals surface area (Å²) in [6.45, 7) is 6.43. The molecule has 0 atom stereocenters. The first-order chi connectivity index (χ1) is 12.0. The summed E-state index contributed by atoms with van der Waals surface area (Å²) < 4.78 is 0. The maximum absolute atomic E-state index is 12.7. The second-order valence-electron chi connectivity index (χ2n) is 7.48. The van der Waals surface area contributed by atoms with E-state index in [1.165, 1.54) is 11.1 Å². The van der Waals surface area contributed by atoms with Gasteiger partial charge in [0.05, 0.1) is 0 Å². The van der Waals surface area contributed by atoms with Crippen molar-refractivity contribution in [2.45, 2.75) is 39.2 Å². The number of carbonyl (C=O) groups is 2. The Labute approximate surface area is 150 Å². The van der Waals surface area contributed by atoms with Crippen molar-refractivity contribution in [2.24, 2.45) is 17.6 Å². The molecular weight excluding hydrogens is 314 g/mol. The van der Waals surface area contributed by atoms with Crippen LogP contribution in [0.1, 0.15) is 36.8 Å². The molecule has 25 heavy (non-hydrogen) atoms. The molecule has 0 aromatic heterocycles. The number of likely N-dealkylation sites (tertiary alicyclic amines) is 2. The third-order valence-electron chi connectivity index (χ3n) is 5.80. The fourth-order valence-electron chi connectivity index (χ4n) is 4.01. The van der Waals surface area contributed by atoms with Crippen LogP contribution in [0.25, 0.3) is 0 Å². The van der Waals surface area contributed by atoms with Gasteiger partial charge >= 0.3 is 0 Å². The van der Waals surface area contributed by atoms with Gasteiger partial charge in [0.2, 0.25) is 11.8 Å². The Morgan fingerprint density at radius 1 is 1.00 bits per heavy atom. The number of hydrogen-bond acceptors (Lipinski definition) is 3. The first-order valence-corrected chi connectivity index (χ1v) is 9.39. The van der Waals surface area contributed by atoms with Gasteiger partial charge in [0.1, 0.15) is 0 Å². The van der Waals surface area contributed by atoms with Gasteiger partial charge in [-0.1, -0.05) is 24.3 Å². The van der Waals surface area contributed by atoms with Crippen molar-refractivity contribution in [3.63, 3.8) is 0 Å². The van der Waals surface area contributed by atoms with Gasteiger partial charge in [-0.05, 0) is 56.8 Å². The second-order valence-corrected chi connectivity index (χ2v) is 7.48. The molecule has 2 amide bonds. The number of nitrogens with zero attached hydrogens (tertiary/aromatic N) is 2. The SMILES string of the molecule is Cc1ccccc1CN1CCC(C(=O)N2CCC(C(N)=O)CC2)CC1. The van der Waals surface area contributed by atoms with E-state index in [0.29, 0.717) is 25.9 Å². The molecule has 2 saturated heterocycles. The van der Waals surface area contributed by atoms with Gasteiger partial charge in [0.25, 0.3) is 0 Å². The lowest BCUT2D eigenvalue weighted by Gasteiger charge is -2.37. The zero-order valence-electron chi connectivity index (χ0n) is 15.1. The first-order valence-electron chi connectivity index (χ1n) is 9.39. The molecule has 0 bridgehead atoms. The van der Waals surface area contributed by atoms with Crippen LogP contribution in [-0.2, 0) is 16.1 Å². The van der Waals surface area contributed by atoms with E-state index < -0.39 is 0 Å². The van der Waals surface area contributed by atoms with E-state index >= 15 is 0 Å². The molecule has 1 aromatic rings. The summed E-state index contributed by atoms with van der Waals surface area (Å²) in [5.41, 5.74) is 8.08. The Morgan fingerprint density at radius 2 is 1.60 bits per heavy atom. The summed E-state index contributed by atoms with van der Waals surface area (Å²) in [7, 11) is 0. The molecular formula is C20H29N3O2. The minimum Gasteiger partial charge on any atom is -0.369 e. The number of aryl methyl sites for hydroxylation is 1. The number of rotatable bonds is 4. The molecule has 3 rings (SSSR count). The van der Waals surface area contributed by atoms with Crippen molar-refractivity contribution in [1.82, 2.24) is 9.80 Å². The minimum atomic E-state index is -0.225. The fraction of sp³-hybridized carbons (Fsp3) is 0.600. The highest BCUT2D eigenvalue weighted by molar-refractivity contribution is 5.80. The van der Waals surface area contributed by atoms with Crippen LogP contribution in [0, 0.1) is 18.8 Å². The summed E-state index contributed by atoms with van der Waals surface area (Å²) in [5, 5.41) is 0. The predicted octanol–water partition coefficient (Wildman–Crippen LogP) is 1.93. The van der Waals surface area contributed by atoms with E-state index in [4.69, 9.17) is 5.73 Å². The van der Waals surface area contributed by atoms with Gasteiger partial charge in [-0.3, -0.25) is 14.5 Å². The lowest BCUT2D eigenvalue weighted by Crippen LogP contribution is -2.46. The Kier molecular flexibility index (Phi) is 5.74. The molecule has 1 aromatic carbocycles. The van der Waals surface area contributed by atoms with E-state index in [1.807, 2.05) is 4.90 Å². The summed E-state index contributed by atoms with van der Waals surface area (Å²) >= 11 is 0. The summed E-state index contributed by atoms with van der Waals surface area (Å²) in [6.07, 6.45) is 3.29. The molecule has 5 nitrogen and oxygen atoms in total. The molecule has 2 heterocycles. The van der Waals surface area contributed by atoms with Crippen molar-refractivity contribution < 1.29 is 9.59 Å². The maximum atomic E-state index is 12.7. The van der Waals surface area contributed by atoms with Crippen LogP contribution in [0.2, 0.25) is 0 Å². The van der Waals surface area contributed by atoms with Crippen molar-refractivity contribution in [3.8, 4) is 0 Å². The summed E-state index contributed by atoms with van der Waals surface area (Å²) in [6, 6.07) is 8.51. The van der Waals surface area contributed by atoms with Gasteiger partial charge in [-0.2, -0.15) is 0 Å². The van der Waals surface area contributed by atoms with Gasteiger partial charge in [0, 0.05) is 31.5 Å². The second kappa shape index (κ2) is 8.00. The van der Waals surface area contributed by atoms with Crippen molar-refractivity contribution in [1.29, 1.82) is 0 Å². The van der Waals surface area contributed by atoms with E-state index in [2.05, 4.69) is 36.1 Å². The van der Waals surface area contributed by atoms with Crippen LogP contribution in [0.4, 0.5) is 0 Å². The summed E-state index contributed by atoms with van der Waals surface area (Å²) in [4.78, 5) is 28.4. The minimum absolute atomic E-state index is 0.0555. The highest BCUT2D eigenvalue weighted by Gasteiger charge is 2.32. The van der Waals surface area contributed by atoms with Crippen LogP contribution >= 0.6 is 0 Å². The van der Waals surface area contributed by atoms with Crippen LogP contribution < -0.4 is 5.73 Å². The molecule has 0 saturated carbocycles. The maximum Gasteiger partial charge on any atom is 0.225 e. The number of piperidine rings is 2. The number of benzene rings is 1. The van der Waals surface area contributed by atoms with Gasteiger partial charge in [0.15, 0.2) is 0 Å². The molecule has 0 spiro atoms. The third-order valence-corrected chi connectivity index (χ3v) is 5.80. The largest absolute Gasteiger partial charge is 0.369 e. The Hall–Kier alpha value is -1.88. The van der Waals surface area contributed by atoms with Gasteiger partial charge < -0.3 is 10.6 Å². The first kappa shape index (κ1) is 17.9. The van der Waals surface area contributed by atoms with E-state index in [0.717, 1.165) is 32.5 Å². The molecule has 136 valence electrons. The Bertz CT molecular complexity index is 615. The molecule has 2 aliphatic heterocycles. The lowest BCUT2D eigenvalue weighted by atomic mass is 9.91. The van der Waals surface area contributed by atoms with Crippen LogP contribution in [-0.4, -0.2) is 47.8 Å². The molecule has 2 fully saturated rings. The topological polar surface area (TPSA) is 66.6 Å². The van der Waals surface area contributed by atoms with Gasteiger partial charge in [-0.15, -0.1) is 0 Å². The standard InChI is InChI=1S/C20H29N3O2/c1-15-4-2-3-5-18(15)14-22-10-6-17(7-11-22)20(25)23-12-8-16(9-13-23)19(21)24/h2-5,16-17H,6-14H2,1H3,(H2,21,24). The van der Waals surface area contributed by atoms with Crippen LogP contribution in [0.5, 0.6) is 0 Å². The van der Waals surface area contributed by atoms with Crippen molar-refractivity contribution in [3.05, 3.63) is 35.4 Å². The average Bonchev–Trinajstić information content (AvgIpc) is 2.64. The number of primary amides is 1. The lowest BCUT2D eigenvalue weighted by molar-refractivity contribution is -0.140. The zero-order valence-corrected chi connectivity index (χ0v) is 15.1. The number of hydrogen-bond donors (Lipinski definition) is 1. The van der Waals surface area contributed by atoms with E-state index in [1.54, 1.807) is 0 Å². The van der Waals surface area contributed by atoms with Crippen molar-refractivity contribution >= 4 is 11.8 Å². The summed E-state index contributed by atoms with van der Waals surface area (Å²) in [5.74, 6) is 0.133. The Balaban J connectivity index is 1.47. The molecule has 0 aliphatic carbocycles. The van der Waals surface area contributed by atoms with Crippen molar-refractivity contribution in [2.75, 3.05) is 26.2 Å². The highest BCUT2D eigenvalue weighted by atomic mass is 16.2. The molecule has 0 radical (unpaired) electrons. The fourth-order valence-corrected chi connectivity index (χ4v) is 4.01. The molecule has 5 heteroatoms. The molecule has 0 unspecified atom stereocenters. The zero-order chi connectivity index (χ0) is 17.8. The highest BCUT2D eigenvalue weighted by Crippen LogP contribution is 2.25. The van der Waals surface area contributed by atoms with E-state index in [9.17, 15) is 9.59 Å². The quantitative estimate of drug-likeness (QED) is 0.908. The van der Waals surface area contributed by atoms with Crippen LogP contribution in [0.3, 0.4) is 0 Å². The molecule has 2 aliphatic rings. The predicted molar refractivity (Wildman–Crippen MR) is 97.7 cm³/mol. The van der Waals surface area contributed by atoms with E-state index in [-0.39, 0.29) is 23.7 Å². The van der Waals surface area contributed by atoms with Crippen LogP contribution in [0.15, 0.2) is 24.3 Å². The number of amides is 2. The number of carbonyl (C=O) groups excluding carboxylic acids is 2. The third kappa shape index (κ3) is 4.40. The Morgan fingerprint density at radius 3 is 2.20 bits per heavy atom. The number of nitrogens with two attached hydrogens (primary N) is 1. The average molecular weight is 343 g/mol.